The van der Waals surface area contributed by atoms with Gasteiger partial charge in [0.2, 0.25) is 0 Å². The molecule has 0 aliphatic rings. The third-order valence-corrected chi connectivity index (χ3v) is 3.60. The minimum atomic E-state index is 0.368. The topological polar surface area (TPSA) is 41.6 Å². The van der Waals surface area contributed by atoms with Gasteiger partial charge in [0.25, 0.3) is 0 Å². The lowest BCUT2D eigenvalue weighted by atomic mass is 10.2. The number of halogens is 2. The van der Waals surface area contributed by atoms with Crippen LogP contribution in [0.25, 0.3) is 5.69 Å². The number of nitriles is 1. The fourth-order valence-electron chi connectivity index (χ4n) is 1.75. The van der Waals surface area contributed by atoms with Crippen molar-refractivity contribution in [3.63, 3.8) is 0 Å². The van der Waals surface area contributed by atoms with E-state index >= 15 is 0 Å². The van der Waals surface area contributed by atoms with Crippen molar-refractivity contribution in [3.05, 3.63) is 45.1 Å². The number of aryl methyl sites for hydroxylation is 1. The highest BCUT2D eigenvalue weighted by Crippen LogP contribution is 2.27. The first-order chi connectivity index (χ1) is 8.69. The maximum absolute atomic E-state index is 9.16. The molecule has 0 amide bonds. The van der Waals surface area contributed by atoms with E-state index in [4.69, 9.17) is 16.9 Å². The second kappa shape index (κ2) is 5.55. The van der Waals surface area contributed by atoms with Gasteiger partial charge in [0.05, 0.1) is 11.4 Å². The fraction of sp³-hybridized carbons (Fsp3) is 0.231. The fourth-order valence-corrected chi connectivity index (χ4v) is 2.48. The molecule has 92 valence electrons. The van der Waals surface area contributed by atoms with Crippen molar-refractivity contribution in [1.29, 1.82) is 5.26 Å². The van der Waals surface area contributed by atoms with E-state index in [1.807, 2.05) is 31.2 Å². The maximum Gasteiger partial charge on any atom is 0.150 e. The van der Waals surface area contributed by atoms with Crippen molar-refractivity contribution < 1.29 is 0 Å². The smallest absolute Gasteiger partial charge is 0.150 e. The Morgan fingerprint density at radius 2 is 2.17 bits per heavy atom. The molecule has 3 nitrogen and oxygen atoms in total. The number of para-hydroxylation sites is 1. The molecule has 2 rings (SSSR count). The molecule has 0 spiro atoms. The molecule has 5 heteroatoms. The Balaban J connectivity index is 2.60. The molecule has 0 saturated carbocycles. The summed E-state index contributed by atoms with van der Waals surface area (Å²) in [5, 5.41) is 14.0. The quantitative estimate of drug-likeness (QED) is 0.852. The molecule has 1 aromatic heterocycles. The van der Waals surface area contributed by atoms with Gasteiger partial charge >= 0.3 is 0 Å². The largest absolute Gasteiger partial charge is 0.219 e. The summed E-state index contributed by atoms with van der Waals surface area (Å²) >= 11 is 9.69. The molecule has 0 saturated heterocycles. The molecule has 2 aromatic rings. The van der Waals surface area contributed by atoms with Gasteiger partial charge in [0.1, 0.15) is 11.6 Å². The van der Waals surface area contributed by atoms with Gasteiger partial charge in [-0.2, -0.15) is 10.4 Å². The van der Waals surface area contributed by atoms with Crippen molar-refractivity contribution in [3.8, 4) is 11.8 Å². The van der Waals surface area contributed by atoms with Gasteiger partial charge in [-0.15, -0.1) is 0 Å². The molecule has 0 N–H and O–H groups in total. The Bertz CT molecular complexity index is 613. The highest BCUT2D eigenvalue weighted by Gasteiger charge is 2.17. The number of nitrogens with zero attached hydrogens (tertiary/aromatic N) is 3. The number of benzene rings is 1. The minimum Gasteiger partial charge on any atom is -0.219 e. The monoisotopic (exact) mass is 323 g/mol. The summed E-state index contributed by atoms with van der Waals surface area (Å²) in [6.07, 6.45) is 1.68. The van der Waals surface area contributed by atoms with Crippen LogP contribution >= 0.6 is 27.5 Å². The Morgan fingerprint density at radius 3 is 2.78 bits per heavy atom. The lowest BCUT2D eigenvalue weighted by Crippen LogP contribution is -1.98. The molecule has 18 heavy (non-hydrogen) atoms. The van der Waals surface area contributed by atoms with Gasteiger partial charge < -0.3 is 0 Å². The second-order valence-electron chi connectivity index (χ2n) is 3.84. The van der Waals surface area contributed by atoms with Crippen LogP contribution in [0, 0.1) is 11.3 Å². The summed E-state index contributed by atoms with van der Waals surface area (Å²) in [5.74, 6) is 0. The van der Waals surface area contributed by atoms with E-state index < -0.39 is 0 Å². The predicted octanol–water partition coefficient (Wildman–Crippen LogP) is 4.11. The van der Waals surface area contributed by atoms with Crippen LogP contribution in [0.5, 0.6) is 0 Å². The average Bonchev–Trinajstić information content (AvgIpc) is 2.67. The van der Waals surface area contributed by atoms with Gasteiger partial charge in [-0.05, 0) is 34.5 Å². The number of hydrogen-bond acceptors (Lipinski definition) is 2. The predicted molar refractivity (Wildman–Crippen MR) is 75.0 cm³/mol. The van der Waals surface area contributed by atoms with E-state index in [1.54, 1.807) is 4.68 Å². The highest BCUT2D eigenvalue weighted by molar-refractivity contribution is 9.10. The van der Waals surface area contributed by atoms with Gasteiger partial charge in [0.15, 0.2) is 5.15 Å². The molecule has 1 heterocycles. The first-order valence-electron chi connectivity index (χ1n) is 5.61. The second-order valence-corrected chi connectivity index (χ2v) is 5.05. The van der Waals surface area contributed by atoms with Gasteiger partial charge in [-0.3, -0.25) is 0 Å². The summed E-state index contributed by atoms with van der Waals surface area (Å²) in [7, 11) is 0. The zero-order valence-corrected chi connectivity index (χ0v) is 12.2. The molecule has 0 fully saturated rings. The van der Waals surface area contributed by atoms with Gasteiger partial charge in [0, 0.05) is 4.47 Å². The minimum absolute atomic E-state index is 0.368. The van der Waals surface area contributed by atoms with Crippen molar-refractivity contribution >= 4 is 27.5 Å². The molecule has 0 bridgehead atoms. The summed E-state index contributed by atoms with van der Waals surface area (Å²) in [5.41, 5.74) is 2.05. The molecular weight excluding hydrogens is 314 g/mol. The number of aromatic nitrogens is 2. The SMILES string of the molecule is CCCc1nn(-c2ccccc2Br)c(Cl)c1C#N. The lowest BCUT2D eigenvalue weighted by Gasteiger charge is -2.04. The molecule has 0 unspecified atom stereocenters. The van der Waals surface area contributed by atoms with E-state index in [2.05, 4.69) is 27.1 Å². The maximum atomic E-state index is 9.16. The molecule has 0 aliphatic heterocycles. The third-order valence-electron chi connectivity index (χ3n) is 2.58. The van der Waals surface area contributed by atoms with Gasteiger partial charge in [-0.1, -0.05) is 37.1 Å². The zero-order chi connectivity index (χ0) is 13.1. The van der Waals surface area contributed by atoms with Crippen molar-refractivity contribution in [2.75, 3.05) is 0 Å². The molecule has 0 aliphatic carbocycles. The molecule has 0 radical (unpaired) electrons. The van der Waals surface area contributed by atoms with Crippen LogP contribution in [-0.2, 0) is 6.42 Å². The Hall–Kier alpha value is -1.31. The summed E-state index contributed by atoms with van der Waals surface area (Å²) in [6, 6.07) is 9.77. The Morgan fingerprint density at radius 1 is 1.44 bits per heavy atom. The van der Waals surface area contributed by atoms with Crippen LogP contribution in [0.1, 0.15) is 24.6 Å². The van der Waals surface area contributed by atoms with Crippen molar-refractivity contribution in [2.24, 2.45) is 0 Å². The van der Waals surface area contributed by atoms with E-state index in [-0.39, 0.29) is 0 Å². The van der Waals surface area contributed by atoms with Crippen molar-refractivity contribution in [1.82, 2.24) is 9.78 Å². The van der Waals surface area contributed by atoms with Crippen LogP contribution in [0.2, 0.25) is 5.15 Å². The molecular formula is C13H11BrClN3. The summed E-state index contributed by atoms with van der Waals surface area (Å²) < 4.78 is 2.50. The number of rotatable bonds is 3. The van der Waals surface area contributed by atoms with Crippen molar-refractivity contribution in [2.45, 2.75) is 19.8 Å². The normalized spacial score (nSPS) is 10.3. The number of hydrogen-bond donors (Lipinski definition) is 0. The molecule has 0 atom stereocenters. The average molecular weight is 325 g/mol. The standard InChI is InChI=1S/C13H11BrClN3/c1-2-5-11-9(8-16)13(15)18(17-11)12-7-4-3-6-10(12)14/h3-4,6-7H,2,5H2,1H3. The van der Waals surface area contributed by atoms with Crippen LogP contribution in [-0.4, -0.2) is 9.78 Å². The Labute approximate surface area is 119 Å². The van der Waals surface area contributed by atoms with Gasteiger partial charge in [-0.25, -0.2) is 4.68 Å². The van der Waals surface area contributed by atoms with E-state index in [0.29, 0.717) is 10.7 Å². The van der Waals surface area contributed by atoms with Crippen LogP contribution in [0.15, 0.2) is 28.7 Å². The first kappa shape index (κ1) is 13.1. The summed E-state index contributed by atoms with van der Waals surface area (Å²) in [4.78, 5) is 0. The lowest BCUT2D eigenvalue weighted by molar-refractivity contribution is 0.804. The van der Waals surface area contributed by atoms with E-state index in [1.165, 1.54) is 0 Å². The molecule has 1 aromatic carbocycles. The zero-order valence-electron chi connectivity index (χ0n) is 9.82. The third kappa shape index (κ3) is 2.29. The van der Waals surface area contributed by atoms with Crippen LogP contribution in [0.3, 0.4) is 0 Å². The van der Waals surface area contributed by atoms with Crippen LogP contribution in [0.4, 0.5) is 0 Å². The summed E-state index contributed by atoms with van der Waals surface area (Å²) in [6.45, 7) is 2.05. The first-order valence-corrected chi connectivity index (χ1v) is 6.78. The van der Waals surface area contributed by atoms with E-state index in [9.17, 15) is 0 Å². The Kier molecular flexibility index (Phi) is 4.05. The van der Waals surface area contributed by atoms with E-state index in [0.717, 1.165) is 28.7 Å². The van der Waals surface area contributed by atoms with Crippen LogP contribution < -0.4 is 0 Å². The highest BCUT2D eigenvalue weighted by atomic mass is 79.9.